The van der Waals surface area contributed by atoms with Crippen LogP contribution in [0.25, 0.3) is 42.9 Å². The number of hydrogen-bond donors (Lipinski definition) is 0. The van der Waals surface area contributed by atoms with E-state index in [1.54, 1.807) is 30.2 Å². The molecule has 0 spiro atoms. The van der Waals surface area contributed by atoms with E-state index in [1.807, 2.05) is 76.2 Å². The van der Waals surface area contributed by atoms with Gasteiger partial charge in [0.05, 0.1) is 33.5 Å². The molecule has 0 N–H and O–H groups in total. The Kier molecular flexibility index (Phi) is 7.37. The maximum absolute atomic E-state index is 13.3. The van der Waals surface area contributed by atoms with E-state index in [0.29, 0.717) is 5.02 Å². The standard InChI is InChI=1S/C31H32ClN3O4S/c1-8-38-29(36)26(39-31(3,4)5)24-17(2)15-21-27(25(24)18-9-12-20(32)13-10-18)40-28(33-21)19-11-14-22-23(16-19)35(7)30(37)34(22)6/h9-16,26H,8H2,1-7H3/t26-/m0/s1. The molecule has 3 aromatic carbocycles. The summed E-state index contributed by atoms with van der Waals surface area (Å²) in [5.41, 5.74) is 6.12. The second-order valence-electron chi connectivity index (χ2n) is 10.8. The molecular weight excluding hydrogens is 546 g/mol. The zero-order valence-corrected chi connectivity index (χ0v) is 25.2. The largest absolute Gasteiger partial charge is 0.464 e. The first-order valence-electron chi connectivity index (χ1n) is 13.1. The molecular formula is C31H32ClN3O4S. The van der Waals surface area contributed by atoms with Crippen molar-refractivity contribution in [2.75, 3.05) is 6.61 Å². The summed E-state index contributed by atoms with van der Waals surface area (Å²) in [6.07, 6.45) is -0.934. The highest BCUT2D eigenvalue weighted by Gasteiger charge is 2.33. The fraction of sp³-hybridized carbons (Fsp3) is 0.323. The monoisotopic (exact) mass is 577 g/mol. The molecule has 0 saturated heterocycles. The normalized spacial score (nSPS) is 12.8. The third-order valence-corrected chi connectivity index (χ3v) is 8.20. The minimum Gasteiger partial charge on any atom is -0.464 e. The second kappa shape index (κ2) is 10.5. The van der Waals surface area contributed by atoms with Crippen LogP contribution in [0.2, 0.25) is 5.02 Å². The first-order chi connectivity index (χ1) is 18.9. The van der Waals surface area contributed by atoms with E-state index in [4.69, 9.17) is 26.1 Å². The SMILES string of the molecule is CCOC(=O)[C@@H](OC(C)(C)C)c1c(C)cc2nc(-c3ccc4c(c3)n(C)c(=O)n4C)sc2c1-c1ccc(Cl)cc1. The van der Waals surface area contributed by atoms with Gasteiger partial charge in [0, 0.05) is 35.8 Å². The van der Waals surface area contributed by atoms with Crippen LogP contribution in [0.1, 0.15) is 44.9 Å². The molecule has 208 valence electrons. The average Bonchev–Trinajstić information content (AvgIpc) is 3.41. The van der Waals surface area contributed by atoms with Crippen LogP contribution in [0.4, 0.5) is 0 Å². The van der Waals surface area contributed by atoms with Crippen molar-refractivity contribution in [1.82, 2.24) is 14.1 Å². The lowest BCUT2D eigenvalue weighted by molar-refractivity contribution is -0.166. The molecule has 0 bridgehead atoms. The number of benzene rings is 3. The number of halogens is 1. The number of carbonyl (C=O) groups is 1. The second-order valence-corrected chi connectivity index (χ2v) is 12.3. The Labute approximate surface area is 241 Å². The highest BCUT2D eigenvalue weighted by atomic mass is 35.5. The van der Waals surface area contributed by atoms with Crippen molar-refractivity contribution in [2.45, 2.75) is 46.3 Å². The zero-order chi connectivity index (χ0) is 28.9. The first kappa shape index (κ1) is 28.1. The lowest BCUT2D eigenvalue weighted by atomic mass is 9.91. The summed E-state index contributed by atoms with van der Waals surface area (Å²) >= 11 is 7.79. The minimum absolute atomic E-state index is 0.0782. The Morgan fingerprint density at radius 3 is 2.33 bits per heavy atom. The van der Waals surface area contributed by atoms with Crippen molar-refractivity contribution in [3.63, 3.8) is 0 Å². The number of fused-ring (bicyclic) bond motifs is 2. The lowest BCUT2D eigenvalue weighted by Crippen LogP contribution is -2.29. The third kappa shape index (κ3) is 5.07. The summed E-state index contributed by atoms with van der Waals surface area (Å²) in [5.74, 6) is -0.435. The van der Waals surface area contributed by atoms with Gasteiger partial charge < -0.3 is 9.47 Å². The van der Waals surface area contributed by atoms with E-state index in [2.05, 4.69) is 0 Å². The molecule has 2 heterocycles. The van der Waals surface area contributed by atoms with Crippen LogP contribution in [-0.2, 0) is 28.4 Å². The fourth-order valence-corrected chi connectivity index (χ4v) is 6.26. The lowest BCUT2D eigenvalue weighted by Gasteiger charge is -2.29. The molecule has 40 heavy (non-hydrogen) atoms. The van der Waals surface area contributed by atoms with Gasteiger partial charge in [-0.2, -0.15) is 0 Å². The van der Waals surface area contributed by atoms with E-state index in [1.165, 1.54) is 11.3 Å². The predicted octanol–water partition coefficient (Wildman–Crippen LogP) is 7.20. The minimum atomic E-state index is -0.934. The number of esters is 1. The van der Waals surface area contributed by atoms with Crippen LogP contribution in [0.5, 0.6) is 0 Å². The van der Waals surface area contributed by atoms with Crippen LogP contribution in [-0.4, -0.2) is 32.3 Å². The molecule has 0 saturated carbocycles. The smallest absolute Gasteiger partial charge is 0.339 e. The van der Waals surface area contributed by atoms with E-state index in [9.17, 15) is 9.59 Å². The highest BCUT2D eigenvalue weighted by Crippen LogP contribution is 2.44. The Morgan fingerprint density at radius 2 is 1.68 bits per heavy atom. The molecule has 0 amide bonds. The number of thiazole rings is 1. The van der Waals surface area contributed by atoms with Crippen molar-refractivity contribution in [1.29, 1.82) is 0 Å². The van der Waals surface area contributed by atoms with Gasteiger partial charge in [-0.05, 0) is 82.1 Å². The summed E-state index contributed by atoms with van der Waals surface area (Å²) in [7, 11) is 3.54. The van der Waals surface area contributed by atoms with Crippen molar-refractivity contribution in [3.8, 4) is 21.7 Å². The summed E-state index contributed by atoms with van der Waals surface area (Å²) in [6.45, 7) is 9.77. The number of carbonyl (C=O) groups excluding carboxylic acids is 1. The van der Waals surface area contributed by atoms with Crippen LogP contribution >= 0.6 is 22.9 Å². The number of hydrogen-bond acceptors (Lipinski definition) is 6. The number of aromatic nitrogens is 3. The molecule has 5 aromatic rings. The summed E-state index contributed by atoms with van der Waals surface area (Å²) in [4.78, 5) is 30.9. The van der Waals surface area contributed by atoms with Gasteiger partial charge in [0.15, 0.2) is 6.10 Å². The summed E-state index contributed by atoms with van der Waals surface area (Å²) in [5, 5.41) is 1.43. The molecule has 2 aromatic heterocycles. The predicted molar refractivity (Wildman–Crippen MR) is 162 cm³/mol. The molecule has 0 aliphatic rings. The Balaban J connectivity index is 1.79. The van der Waals surface area contributed by atoms with E-state index in [-0.39, 0.29) is 12.3 Å². The molecule has 0 unspecified atom stereocenters. The van der Waals surface area contributed by atoms with Crippen molar-refractivity contribution in [3.05, 3.63) is 75.2 Å². The zero-order valence-electron chi connectivity index (χ0n) is 23.7. The first-order valence-corrected chi connectivity index (χ1v) is 14.3. The fourth-order valence-electron chi connectivity index (χ4n) is 5.01. The molecule has 7 nitrogen and oxygen atoms in total. The van der Waals surface area contributed by atoms with Crippen molar-refractivity contribution >= 4 is 50.2 Å². The van der Waals surface area contributed by atoms with E-state index < -0.39 is 17.7 Å². The summed E-state index contributed by atoms with van der Waals surface area (Å²) < 4.78 is 16.1. The maximum atomic E-state index is 13.3. The molecule has 0 aliphatic heterocycles. The topological polar surface area (TPSA) is 75.3 Å². The van der Waals surface area contributed by atoms with Gasteiger partial charge in [-0.25, -0.2) is 14.6 Å². The van der Waals surface area contributed by atoms with Gasteiger partial charge in [0.2, 0.25) is 0 Å². The average molecular weight is 578 g/mol. The number of rotatable bonds is 6. The van der Waals surface area contributed by atoms with Crippen LogP contribution in [0.3, 0.4) is 0 Å². The highest BCUT2D eigenvalue weighted by molar-refractivity contribution is 7.22. The van der Waals surface area contributed by atoms with Crippen molar-refractivity contribution < 1.29 is 14.3 Å². The van der Waals surface area contributed by atoms with Gasteiger partial charge in [-0.3, -0.25) is 9.13 Å². The van der Waals surface area contributed by atoms with Gasteiger partial charge in [-0.15, -0.1) is 11.3 Å². The number of aryl methyl sites for hydroxylation is 3. The summed E-state index contributed by atoms with van der Waals surface area (Å²) in [6, 6.07) is 15.5. The maximum Gasteiger partial charge on any atom is 0.339 e. The Bertz CT molecular complexity index is 1810. The number of ether oxygens (including phenoxy) is 2. The molecule has 9 heteroatoms. The molecule has 0 aliphatic carbocycles. The van der Waals surface area contributed by atoms with Crippen molar-refractivity contribution in [2.24, 2.45) is 14.1 Å². The molecule has 1 atom stereocenters. The van der Waals surface area contributed by atoms with Gasteiger partial charge in [-0.1, -0.05) is 23.7 Å². The van der Waals surface area contributed by atoms with Gasteiger partial charge >= 0.3 is 11.7 Å². The van der Waals surface area contributed by atoms with Crippen LogP contribution in [0.15, 0.2) is 53.3 Å². The van der Waals surface area contributed by atoms with Crippen LogP contribution < -0.4 is 5.69 Å². The van der Waals surface area contributed by atoms with E-state index >= 15 is 0 Å². The molecule has 0 fully saturated rings. The number of imidazole rings is 1. The Morgan fingerprint density at radius 1 is 1.02 bits per heavy atom. The quantitative estimate of drug-likeness (QED) is 0.199. The van der Waals surface area contributed by atoms with Gasteiger partial charge in [0.25, 0.3) is 0 Å². The number of nitrogens with zero attached hydrogens (tertiary/aromatic N) is 3. The third-order valence-electron chi connectivity index (χ3n) is 6.81. The Hall–Kier alpha value is -3.46. The molecule has 0 radical (unpaired) electrons. The van der Waals surface area contributed by atoms with E-state index in [0.717, 1.165) is 54.1 Å². The molecule has 5 rings (SSSR count). The van der Waals surface area contributed by atoms with Gasteiger partial charge in [0.1, 0.15) is 5.01 Å². The van der Waals surface area contributed by atoms with Crippen LogP contribution in [0, 0.1) is 6.92 Å².